The van der Waals surface area contributed by atoms with Gasteiger partial charge in [0.2, 0.25) is 0 Å². The second-order valence-electron chi connectivity index (χ2n) is 5.30. The number of nitrogen functional groups attached to an aromatic ring is 1. The zero-order chi connectivity index (χ0) is 13.7. The van der Waals surface area contributed by atoms with Crippen LogP contribution in [-0.4, -0.2) is 16.0 Å². The number of rotatable bonds is 1. The van der Waals surface area contributed by atoms with Crippen molar-refractivity contribution in [1.29, 1.82) is 0 Å². The monoisotopic (exact) mass is 291 g/mol. The van der Waals surface area contributed by atoms with Gasteiger partial charge in [0.05, 0.1) is 11.2 Å². The molecule has 1 fully saturated rings. The number of aromatic amines is 1. The smallest absolute Gasteiger partial charge is 0.251 e. The highest BCUT2D eigenvalue weighted by molar-refractivity contribution is 6.33. The van der Waals surface area contributed by atoms with E-state index in [0.717, 1.165) is 42.6 Å². The topological polar surface area (TPSA) is 73.2 Å². The number of nitrogens with two attached hydrogens (primary N) is 1. The van der Waals surface area contributed by atoms with E-state index in [4.69, 9.17) is 26.8 Å². The summed E-state index contributed by atoms with van der Waals surface area (Å²) in [6.07, 6.45) is 5.75. The van der Waals surface area contributed by atoms with Gasteiger partial charge in [0.25, 0.3) is 5.79 Å². The van der Waals surface area contributed by atoms with Crippen LogP contribution >= 0.6 is 11.6 Å². The third-order valence-electron chi connectivity index (χ3n) is 3.95. The van der Waals surface area contributed by atoms with Gasteiger partial charge in [-0.25, -0.2) is 0 Å². The fourth-order valence-electron chi connectivity index (χ4n) is 2.95. The van der Waals surface area contributed by atoms with Crippen molar-refractivity contribution < 1.29 is 9.47 Å². The van der Waals surface area contributed by atoms with Gasteiger partial charge < -0.3 is 15.2 Å². The maximum absolute atomic E-state index is 6.33. The number of hydrogen-bond donors (Lipinski definition) is 2. The average Bonchev–Trinajstić information content (AvgIpc) is 3.10. The highest BCUT2D eigenvalue weighted by atomic mass is 35.5. The summed E-state index contributed by atoms with van der Waals surface area (Å²) in [7, 11) is 0. The number of H-pyrrole nitrogens is 1. The highest BCUT2D eigenvalue weighted by Gasteiger charge is 2.44. The van der Waals surface area contributed by atoms with Crippen LogP contribution in [0, 0.1) is 0 Å². The Balaban J connectivity index is 1.78. The maximum Gasteiger partial charge on any atom is 0.251 e. The van der Waals surface area contributed by atoms with Crippen molar-refractivity contribution in [3.8, 4) is 22.6 Å². The molecule has 1 aromatic heterocycles. The Labute approximate surface area is 121 Å². The lowest BCUT2D eigenvalue weighted by Crippen LogP contribution is -2.34. The number of hydrogen-bond acceptors (Lipinski definition) is 4. The van der Waals surface area contributed by atoms with Gasteiger partial charge in [-0.3, -0.25) is 5.10 Å². The molecule has 2 aromatic rings. The highest BCUT2D eigenvalue weighted by Crippen LogP contribution is 2.49. The van der Waals surface area contributed by atoms with Crippen molar-refractivity contribution >= 4 is 17.4 Å². The average molecular weight is 292 g/mol. The van der Waals surface area contributed by atoms with Crippen LogP contribution in [0.3, 0.4) is 0 Å². The molecule has 1 aromatic carbocycles. The molecule has 0 unspecified atom stereocenters. The van der Waals surface area contributed by atoms with Crippen molar-refractivity contribution in [3.05, 3.63) is 23.4 Å². The third kappa shape index (κ3) is 1.66. The van der Waals surface area contributed by atoms with E-state index in [-0.39, 0.29) is 0 Å². The quantitative estimate of drug-likeness (QED) is 0.845. The van der Waals surface area contributed by atoms with E-state index < -0.39 is 5.79 Å². The van der Waals surface area contributed by atoms with Crippen molar-refractivity contribution in [2.75, 3.05) is 5.73 Å². The Bertz CT molecular complexity index is 677. The van der Waals surface area contributed by atoms with Crippen LogP contribution in [0.2, 0.25) is 5.02 Å². The van der Waals surface area contributed by atoms with Crippen LogP contribution in [0.4, 0.5) is 5.82 Å². The molecule has 0 saturated heterocycles. The molecule has 2 aliphatic rings. The molecule has 1 aliphatic carbocycles. The molecule has 2 heterocycles. The predicted molar refractivity (Wildman–Crippen MR) is 75.9 cm³/mol. The minimum absolute atomic E-state index is 0.480. The number of ether oxygens (including phenoxy) is 2. The fraction of sp³-hybridized carbons (Fsp3) is 0.357. The minimum Gasteiger partial charge on any atom is -0.448 e. The van der Waals surface area contributed by atoms with Gasteiger partial charge in [-0.05, 0) is 18.9 Å². The van der Waals surface area contributed by atoms with Gasteiger partial charge in [-0.1, -0.05) is 11.6 Å². The number of nitrogens with one attached hydrogen (secondary N) is 1. The van der Waals surface area contributed by atoms with E-state index in [1.54, 1.807) is 12.3 Å². The molecule has 4 rings (SSSR count). The number of aromatic nitrogens is 2. The number of nitrogens with zero attached hydrogens (tertiary/aromatic N) is 1. The molecule has 1 spiro atoms. The summed E-state index contributed by atoms with van der Waals surface area (Å²) in [5.41, 5.74) is 7.43. The lowest BCUT2D eigenvalue weighted by molar-refractivity contribution is -0.0716. The Morgan fingerprint density at radius 2 is 1.85 bits per heavy atom. The summed E-state index contributed by atoms with van der Waals surface area (Å²) in [4.78, 5) is 0. The van der Waals surface area contributed by atoms with Gasteiger partial charge in [-0.2, -0.15) is 5.10 Å². The third-order valence-corrected chi connectivity index (χ3v) is 4.26. The maximum atomic E-state index is 6.33. The van der Waals surface area contributed by atoms with Gasteiger partial charge >= 0.3 is 0 Å². The number of benzene rings is 1. The molecule has 5 nitrogen and oxygen atoms in total. The summed E-state index contributed by atoms with van der Waals surface area (Å²) in [5, 5.41) is 7.21. The molecule has 1 aliphatic heterocycles. The molecule has 6 heteroatoms. The number of anilines is 1. The molecule has 0 atom stereocenters. The molecule has 0 radical (unpaired) electrons. The fourth-order valence-corrected chi connectivity index (χ4v) is 3.21. The Hall–Kier alpha value is -1.88. The minimum atomic E-state index is -0.480. The standard InChI is InChI=1S/C14H14ClN3O2/c15-10-6-12-11(19-14(20-12)3-1-2-4-14)5-8(10)9-7-17-18-13(9)16/h5-7H,1-4H2,(H3,16,17,18). The molecular weight excluding hydrogens is 278 g/mol. The first-order chi connectivity index (χ1) is 9.67. The molecule has 0 bridgehead atoms. The van der Waals surface area contributed by atoms with Crippen molar-refractivity contribution in [3.63, 3.8) is 0 Å². The largest absolute Gasteiger partial charge is 0.448 e. The normalized spacial score (nSPS) is 18.9. The second kappa shape index (κ2) is 4.06. The zero-order valence-corrected chi connectivity index (χ0v) is 11.5. The summed E-state index contributed by atoms with van der Waals surface area (Å²) in [5.74, 6) is 1.45. The van der Waals surface area contributed by atoms with Crippen molar-refractivity contribution in [2.45, 2.75) is 31.5 Å². The first-order valence-electron chi connectivity index (χ1n) is 6.68. The van der Waals surface area contributed by atoms with E-state index in [2.05, 4.69) is 10.2 Å². The lowest BCUT2D eigenvalue weighted by Gasteiger charge is -2.21. The van der Waals surface area contributed by atoms with Crippen LogP contribution in [-0.2, 0) is 0 Å². The SMILES string of the molecule is Nc1[nH]ncc1-c1cc2c(cc1Cl)OC1(CCCC1)O2. The van der Waals surface area contributed by atoms with E-state index in [1.807, 2.05) is 6.07 Å². The Kier molecular flexibility index (Phi) is 2.41. The number of fused-ring (bicyclic) bond motifs is 1. The van der Waals surface area contributed by atoms with Gasteiger partial charge in [0.15, 0.2) is 11.5 Å². The van der Waals surface area contributed by atoms with Crippen LogP contribution in [0.5, 0.6) is 11.5 Å². The first-order valence-corrected chi connectivity index (χ1v) is 7.05. The van der Waals surface area contributed by atoms with Crippen LogP contribution < -0.4 is 15.2 Å². The van der Waals surface area contributed by atoms with Gasteiger partial charge in [-0.15, -0.1) is 0 Å². The summed E-state index contributed by atoms with van der Waals surface area (Å²) >= 11 is 6.33. The lowest BCUT2D eigenvalue weighted by atomic mass is 10.1. The van der Waals surface area contributed by atoms with Crippen LogP contribution in [0.25, 0.3) is 11.1 Å². The summed E-state index contributed by atoms with van der Waals surface area (Å²) in [6.45, 7) is 0. The molecular formula is C14H14ClN3O2. The number of halogens is 1. The Morgan fingerprint density at radius 1 is 1.15 bits per heavy atom. The summed E-state index contributed by atoms with van der Waals surface area (Å²) < 4.78 is 12.0. The molecule has 3 N–H and O–H groups in total. The molecule has 1 saturated carbocycles. The van der Waals surface area contributed by atoms with Crippen molar-refractivity contribution in [1.82, 2.24) is 10.2 Å². The molecule has 0 amide bonds. The summed E-state index contributed by atoms with van der Waals surface area (Å²) in [6, 6.07) is 3.68. The van der Waals surface area contributed by atoms with E-state index in [9.17, 15) is 0 Å². The second-order valence-corrected chi connectivity index (χ2v) is 5.71. The zero-order valence-electron chi connectivity index (χ0n) is 10.8. The van der Waals surface area contributed by atoms with Crippen LogP contribution in [0.15, 0.2) is 18.3 Å². The molecule has 20 heavy (non-hydrogen) atoms. The van der Waals surface area contributed by atoms with E-state index in [1.165, 1.54) is 0 Å². The van der Waals surface area contributed by atoms with Gasteiger partial charge in [0.1, 0.15) is 5.82 Å². The first kappa shape index (κ1) is 11.9. The van der Waals surface area contributed by atoms with Crippen LogP contribution in [0.1, 0.15) is 25.7 Å². The van der Waals surface area contributed by atoms with Gasteiger partial charge in [0, 0.05) is 30.0 Å². The van der Waals surface area contributed by atoms with Crippen molar-refractivity contribution in [2.24, 2.45) is 0 Å². The predicted octanol–water partition coefficient (Wildman–Crippen LogP) is 3.35. The van der Waals surface area contributed by atoms with E-state index in [0.29, 0.717) is 16.6 Å². The van der Waals surface area contributed by atoms with E-state index >= 15 is 0 Å². The Morgan fingerprint density at radius 3 is 2.50 bits per heavy atom. The molecule has 104 valence electrons.